The van der Waals surface area contributed by atoms with Crippen LogP contribution in [-0.2, 0) is 4.74 Å². The number of esters is 1. The van der Waals surface area contributed by atoms with Crippen LogP contribution in [-0.4, -0.2) is 24.6 Å². The SMILES string of the molecule is COC(=O)c1cc2c(s1)C(=O)C(Cl)=C([n+]1cccc(Br)c1)C2=O. The van der Waals surface area contributed by atoms with Crippen molar-refractivity contribution < 1.29 is 23.7 Å². The Bertz CT molecular complexity index is 903. The Morgan fingerprint density at radius 1 is 1.35 bits per heavy atom. The first-order chi connectivity index (χ1) is 10.9. The van der Waals surface area contributed by atoms with Gasteiger partial charge in [-0.15, -0.1) is 11.3 Å². The third-order valence-corrected chi connectivity index (χ3v) is 5.15. The highest BCUT2D eigenvalue weighted by Crippen LogP contribution is 2.34. The zero-order chi connectivity index (χ0) is 16.7. The first-order valence-electron chi connectivity index (χ1n) is 6.32. The summed E-state index contributed by atoms with van der Waals surface area (Å²) < 4.78 is 6.83. The number of thiophene rings is 1. The molecule has 23 heavy (non-hydrogen) atoms. The van der Waals surface area contributed by atoms with Crippen LogP contribution < -0.4 is 4.57 Å². The molecule has 0 fully saturated rings. The second kappa shape index (κ2) is 5.99. The fraction of sp³-hybridized carbons (Fsp3) is 0.0667. The number of hydrogen-bond acceptors (Lipinski definition) is 5. The lowest BCUT2D eigenvalue weighted by Crippen LogP contribution is -2.39. The summed E-state index contributed by atoms with van der Waals surface area (Å²) in [6.45, 7) is 0. The number of halogens is 2. The third kappa shape index (κ3) is 2.65. The van der Waals surface area contributed by atoms with Gasteiger partial charge in [0.15, 0.2) is 17.4 Å². The van der Waals surface area contributed by atoms with Gasteiger partial charge in [-0.1, -0.05) is 11.6 Å². The number of allylic oxidation sites excluding steroid dienone is 2. The summed E-state index contributed by atoms with van der Waals surface area (Å²) in [4.78, 5) is 37.1. The molecule has 0 aromatic carbocycles. The number of rotatable bonds is 2. The Kier molecular flexibility index (Phi) is 4.18. The van der Waals surface area contributed by atoms with Gasteiger partial charge in [0.2, 0.25) is 5.78 Å². The van der Waals surface area contributed by atoms with E-state index in [0.29, 0.717) is 0 Å². The molecule has 0 saturated carbocycles. The number of fused-ring (bicyclic) bond motifs is 1. The van der Waals surface area contributed by atoms with Crippen LogP contribution in [0.5, 0.6) is 0 Å². The van der Waals surface area contributed by atoms with Crippen LogP contribution in [0.3, 0.4) is 0 Å². The van der Waals surface area contributed by atoms with Gasteiger partial charge in [-0.05, 0) is 28.1 Å². The van der Waals surface area contributed by atoms with Gasteiger partial charge in [0.1, 0.15) is 4.88 Å². The molecule has 0 saturated heterocycles. The predicted molar refractivity (Wildman–Crippen MR) is 87.7 cm³/mol. The van der Waals surface area contributed by atoms with Crippen LogP contribution in [0.1, 0.15) is 29.7 Å². The van der Waals surface area contributed by atoms with Crippen molar-refractivity contribution in [1.29, 1.82) is 0 Å². The lowest BCUT2D eigenvalue weighted by Gasteiger charge is -2.09. The highest BCUT2D eigenvalue weighted by molar-refractivity contribution is 9.10. The molecule has 2 aromatic rings. The van der Waals surface area contributed by atoms with Crippen molar-refractivity contribution in [2.45, 2.75) is 0 Å². The van der Waals surface area contributed by atoms with E-state index in [-0.39, 0.29) is 26.0 Å². The van der Waals surface area contributed by atoms with Crippen molar-refractivity contribution in [3.8, 4) is 0 Å². The van der Waals surface area contributed by atoms with E-state index in [4.69, 9.17) is 11.6 Å². The molecule has 2 aromatic heterocycles. The Hall–Kier alpha value is -1.83. The molecule has 1 aliphatic carbocycles. The molecule has 0 bridgehead atoms. The number of aromatic nitrogens is 1. The summed E-state index contributed by atoms with van der Waals surface area (Å²) in [6, 6.07) is 4.86. The maximum atomic E-state index is 12.7. The van der Waals surface area contributed by atoms with E-state index in [1.54, 1.807) is 24.5 Å². The fourth-order valence-electron chi connectivity index (χ4n) is 2.18. The van der Waals surface area contributed by atoms with E-state index in [0.717, 1.165) is 15.8 Å². The van der Waals surface area contributed by atoms with Crippen LogP contribution >= 0.6 is 38.9 Å². The van der Waals surface area contributed by atoms with Crippen molar-refractivity contribution in [3.05, 3.63) is 55.4 Å². The minimum Gasteiger partial charge on any atom is -0.465 e. The van der Waals surface area contributed by atoms with Crippen molar-refractivity contribution in [2.75, 3.05) is 7.11 Å². The smallest absolute Gasteiger partial charge is 0.348 e. The van der Waals surface area contributed by atoms with Gasteiger partial charge in [-0.25, -0.2) is 4.79 Å². The first kappa shape index (κ1) is 16.0. The van der Waals surface area contributed by atoms with E-state index >= 15 is 0 Å². The Labute approximate surface area is 148 Å². The number of nitrogens with zero attached hydrogens (tertiary/aromatic N) is 1. The van der Waals surface area contributed by atoms with E-state index in [1.165, 1.54) is 17.7 Å². The van der Waals surface area contributed by atoms with Crippen LogP contribution in [0.2, 0.25) is 0 Å². The zero-order valence-corrected chi connectivity index (χ0v) is 14.8. The molecule has 0 unspecified atom stereocenters. The van der Waals surface area contributed by atoms with Gasteiger partial charge < -0.3 is 4.74 Å². The number of ether oxygens (including phenoxy) is 1. The second-order valence-corrected chi connectivity index (χ2v) is 6.94. The van der Waals surface area contributed by atoms with Crippen molar-refractivity contribution in [2.24, 2.45) is 0 Å². The molecule has 0 N–H and O–H groups in total. The molecule has 2 heterocycles. The Balaban J connectivity index is 2.16. The van der Waals surface area contributed by atoms with Crippen molar-refractivity contribution in [1.82, 2.24) is 0 Å². The molecule has 5 nitrogen and oxygen atoms in total. The number of ketones is 2. The molecular weight excluding hydrogens is 406 g/mol. The van der Waals surface area contributed by atoms with E-state index in [2.05, 4.69) is 20.7 Å². The highest BCUT2D eigenvalue weighted by Gasteiger charge is 2.40. The summed E-state index contributed by atoms with van der Waals surface area (Å²) >= 11 is 10.3. The molecule has 3 rings (SSSR count). The quantitative estimate of drug-likeness (QED) is 0.561. The van der Waals surface area contributed by atoms with E-state index < -0.39 is 17.5 Å². The maximum absolute atomic E-state index is 12.7. The summed E-state index contributed by atoms with van der Waals surface area (Å²) in [6.07, 6.45) is 3.24. The minimum absolute atomic E-state index is 0.0553. The van der Waals surface area contributed by atoms with Gasteiger partial charge in [0, 0.05) is 6.07 Å². The lowest BCUT2D eigenvalue weighted by atomic mass is 9.99. The van der Waals surface area contributed by atoms with Crippen molar-refractivity contribution in [3.63, 3.8) is 0 Å². The molecule has 1 aliphatic rings. The normalized spacial score (nSPS) is 14.0. The Morgan fingerprint density at radius 3 is 2.74 bits per heavy atom. The number of carbonyl (C=O) groups is 3. The summed E-state index contributed by atoms with van der Waals surface area (Å²) in [5.74, 6) is -1.50. The minimum atomic E-state index is -0.599. The van der Waals surface area contributed by atoms with Gasteiger partial charge in [0.05, 0.1) is 22.0 Å². The Morgan fingerprint density at radius 2 is 2.09 bits per heavy atom. The van der Waals surface area contributed by atoms with E-state index in [1.807, 2.05) is 0 Å². The van der Waals surface area contributed by atoms with E-state index in [9.17, 15) is 14.4 Å². The highest BCUT2D eigenvalue weighted by atomic mass is 79.9. The molecule has 0 atom stereocenters. The van der Waals surface area contributed by atoms with Crippen molar-refractivity contribution >= 4 is 62.1 Å². The van der Waals surface area contributed by atoms with Crippen LogP contribution in [0.4, 0.5) is 0 Å². The standard InChI is InChI=1S/C15H8BrClNO4S/c1-22-15(21)9-5-8-12(19)11(10(17)13(20)14(8)23-9)18-4-2-3-7(16)6-18/h2-6H,1H3/q+1. The molecule has 0 spiro atoms. The van der Waals surface area contributed by atoms with Crippen LogP contribution in [0, 0.1) is 0 Å². The largest absolute Gasteiger partial charge is 0.465 e. The molecule has 8 heteroatoms. The van der Waals surface area contributed by atoms with Gasteiger partial charge in [0.25, 0.3) is 11.5 Å². The van der Waals surface area contributed by atoms with Gasteiger partial charge in [-0.2, -0.15) is 4.57 Å². The van der Waals surface area contributed by atoms with Crippen LogP contribution in [0.25, 0.3) is 5.70 Å². The first-order valence-corrected chi connectivity index (χ1v) is 8.31. The monoisotopic (exact) mass is 412 g/mol. The predicted octanol–water partition coefficient (Wildman–Crippen LogP) is 3.07. The fourth-order valence-corrected chi connectivity index (χ4v) is 3.91. The second-order valence-electron chi connectivity index (χ2n) is 4.60. The number of methoxy groups -OCH3 is 1. The zero-order valence-electron chi connectivity index (χ0n) is 11.6. The lowest BCUT2D eigenvalue weighted by molar-refractivity contribution is -0.577. The number of hydrogen-bond donors (Lipinski definition) is 0. The number of carbonyl (C=O) groups excluding carboxylic acids is 3. The molecule has 0 amide bonds. The average Bonchev–Trinajstić information content (AvgIpc) is 2.98. The molecular formula is C15H8BrClNO4S+. The maximum Gasteiger partial charge on any atom is 0.348 e. The third-order valence-electron chi connectivity index (χ3n) is 3.21. The molecule has 0 radical (unpaired) electrons. The molecule has 116 valence electrons. The number of pyridine rings is 1. The topological polar surface area (TPSA) is 64.3 Å². The van der Waals surface area contributed by atoms with Crippen LogP contribution in [0.15, 0.2) is 40.1 Å². The van der Waals surface area contributed by atoms with Gasteiger partial charge >= 0.3 is 5.97 Å². The average molecular weight is 414 g/mol. The van der Waals surface area contributed by atoms with Gasteiger partial charge in [-0.3, -0.25) is 9.59 Å². The molecule has 0 aliphatic heterocycles. The summed E-state index contributed by atoms with van der Waals surface area (Å²) in [5.41, 5.74) is 0.215. The number of Topliss-reactive ketones (excluding diaryl/α,β-unsaturated/α-hetero) is 2. The summed E-state index contributed by atoms with van der Waals surface area (Å²) in [7, 11) is 1.23. The summed E-state index contributed by atoms with van der Waals surface area (Å²) in [5, 5.41) is -0.177.